The molecule has 1 rings (SSSR count). The summed E-state index contributed by atoms with van der Waals surface area (Å²) < 4.78 is 9.70. The molecule has 6 heteroatoms. The van der Waals surface area contributed by atoms with Crippen LogP contribution in [0.4, 0.5) is 4.79 Å². The van der Waals surface area contributed by atoms with Gasteiger partial charge in [0.05, 0.1) is 12.3 Å². The molecule has 1 aliphatic rings. The van der Waals surface area contributed by atoms with Crippen molar-refractivity contribution in [3.63, 3.8) is 0 Å². The molecule has 0 unspecified atom stereocenters. The minimum absolute atomic E-state index is 0.0891. The molecule has 0 bridgehead atoms. The molecule has 0 aromatic heterocycles. The van der Waals surface area contributed by atoms with Crippen LogP contribution in [0.2, 0.25) is 0 Å². The van der Waals surface area contributed by atoms with Crippen LogP contribution >= 0.6 is 0 Å². The molecule has 0 aromatic rings. The van der Waals surface area contributed by atoms with Crippen LogP contribution in [0.25, 0.3) is 0 Å². The Bertz CT molecular complexity index is 322. The maximum absolute atomic E-state index is 11.6. The lowest BCUT2D eigenvalue weighted by Crippen LogP contribution is -2.36. The van der Waals surface area contributed by atoms with Crippen molar-refractivity contribution < 1.29 is 19.1 Å². The molecule has 18 heavy (non-hydrogen) atoms. The largest absolute Gasteiger partial charge is 0.463 e. The number of piperidine rings is 1. The summed E-state index contributed by atoms with van der Waals surface area (Å²) in [5.41, 5.74) is 5.73. The highest BCUT2D eigenvalue weighted by molar-refractivity contribution is 5.82. The minimum atomic E-state index is -0.524. The van der Waals surface area contributed by atoms with Crippen molar-refractivity contribution in [1.82, 2.24) is 4.90 Å². The molecule has 1 fully saturated rings. The van der Waals surface area contributed by atoms with Crippen molar-refractivity contribution in [2.75, 3.05) is 26.3 Å². The van der Waals surface area contributed by atoms with E-state index in [0.29, 0.717) is 0 Å². The smallest absolute Gasteiger partial charge is 0.410 e. The molecule has 0 spiro atoms. The van der Waals surface area contributed by atoms with E-state index in [1.165, 1.54) is 0 Å². The van der Waals surface area contributed by atoms with Crippen LogP contribution in [0.5, 0.6) is 0 Å². The van der Waals surface area contributed by atoms with E-state index in [4.69, 9.17) is 10.5 Å². The summed E-state index contributed by atoms with van der Waals surface area (Å²) in [5.74, 6) is -0.524. The van der Waals surface area contributed by atoms with E-state index in [1.54, 1.807) is 11.8 Å². The number of hydrogen-bond donors (Lipinski definition) is 1. The molecular formula is C12H20N2O4. The number of ether oxygens (including phenoxy) is 2. The van der Waals surface area contributed by atoms with Crippen molar-refractivity contribution >= 4 is 12.1 Å². The van der Waals surface area contributed by atoms with Gasteiger partial charge in [0.25, 0.3) is 0 Å². The summed E-state index contributed by atoms with van der Waals surface area (Å²) in [4.78, 5) is 24.3. The Morgan fingerprint density at radius 3 is 2.50 bits per heavy atom. The Morgan fingerprint density at radius 1 is 1.22 bits per heavy atom. The van der Waals surface area contributed by atoms with E-state index in [1.807, 2.05) is 0 Å². The Kier molecular flexibility index (Phi) is 6.04. The highest BCUT2D eigenvalue weighted by atomic mass is 16.6. The van der Waals surface area contributed by atoms with E-state index in [9.17, 15) is 9.59 Å². The number of carbonyl (C=O) groups is 2. The van der Waals surface area contributed by atoms with Crippen LogP contribution in [0.3, 0.4) is 0 Å². The molecular weight excluding hydrogens is 236 g/mol. The highest BCUT2D eigenvalue weighted by Gasteiger charge is 2.17. The average molecular weight is 256 g/mol. The SMILES string of the molecule is CCOC(=O)C=C(N)COC(=O)N1CCCCC1. The van der Waals surface area contributed by atoms with Gasteiger partial charge in [0.2, 0.25) is 0 Å². The third kappa shape index (κ3) is 5.07. The normalized spacial score (nSPS) is 16.3. The van der Waals surface area contributed by atoms with Crippen LogP contribution in [-0.2, 0) is 14.3 Å². The van der Waals surface area contributed by atoms with Gasteiger partial charge in [0.1, 0.15) is 6.61 Å². The molecule has 0 atom stereocenters. The molecule has 6 nitrogen and oxygen atoms in total. The predicted octanol–water partition coefficient (Wildman–Crippen LogP) is 1.01. The zero-order chi connectivity index (χ0) is 13.4. The van der Waals surface area contributed by atoms with Crippen molar-refractivity contribution in [3.05, 3.63) is 11.8 Å². The summed E-state index contributed by atoms with van der Waals surface area (Å²) in [7, 11) is 0. The lowest BCUT2D eigenvalue weighted by molar-refractivity contribution is -0.137. The van der Waals surface area contributed by atoms with Crippen LogP contribution < -0.4 is 5.73 Å². The van der Waals surface area contributed by atoms with Gasteiger partial charge >= 0.3 is 12.1 Å². The minimum Gasteiger partial charge on any atom is -0.463 e. The number of nitrogens with two attached hydrogens (primary N) is 1. The van der Waals surface area contributed by atoms with Crippen molar-refractivity contribution in [2.24, 2.45) is 5.73 Å². The molecule has 1 amide bonds. The molecule has 0 radical (unpaired) electrons. The lowest BCUT2D eigenvalue weighted by Gasteiger charge is -2.25. The fraction of sp³-hybridized carbons (Fsp3) is 0.667. The second-order valence-electron chi connectivity index (χ2n) is 4.07. The summed E-state index contributed by atoms with van der Waals surface area (Å²) in [6.45, 7) is 3.35. The quantitative estimate of drug-likeness (QED) is 0.599. The van der Waals surface area contributed by atoms with Gasteiger partial charge in [-0.25, -0.2) is 9.59 Å². The number of amides is 1. The maximum atomic E-state index is 11.6. The highest BCUT2D eigenvalue weighted by Crippen LogP contribution is 2.09. The van der Waals surface area contributed by atoms with Crippen molar-refractivity contribution in [3.8, 4) is 0 Å². The summed E-state index contributed by atoms with van der Waals surface area (Å²) >= 11 is 0. The van der Waals surface area contributed by atoms with Gasteiger partial charge in [0.15, 0.2) is 0 Å². The van der Waals surface area contributed by atoms with Crippen molar-refractivity contribution in [2.45, 2.75) is 26.2 Å². The summed E-state index contributed by atoms with van der Waals surface area (Å²) in [6.07, 6.45) is 3.91. The van der Waals surface area contributed by atoms with Crippen LogP contribution in [-0.4, -0.2) is 43.3 Å². The van der Waals surface area contributed by atoms with Crippen LogP contribution in [0.15, 0.2) is 11.8 Å². The number of rotatable bonds is 4. The van der Waals surface area contributed by atoms with Gasteiger partial charge in [-0.2, -0.15) is 0 Å². The molecule has 0 saturated carbocycles. The Labute approximate surface area is 107 Å². The fourth-order valence-electron chi connectivity index (χ4n) is 1.69. The topological polar surface area (TPSA) is 81.9 Å². The number of likely N-dealkylation sites (tertiary alicyclic amines) is 1. The predicted molar refractivity (Wildman–Crippen MR) is 65.7 cm³/mol. The van der Waals surface area contributed by atoms with E-state index < -0.39 is 5.97 Å². The number of hydrogen-bond acceptors (Lipinski definition) is 5. The molecule has 1 aliphatic heterocycles. The fourth-order valence-corrected chi connectivity index (χ4v) is 1.69. The average Bonchev–Trinajstić information content (AvgIpc) is 2.37. The Balaban J connectivity index is 2.30. The molecule has 1 heterocycles. The second-order valence-corrected chi connectivity index (χ2v) is 4.07. The van der Waals surface area contributed by atoms with E-state index in [-0.39, 0.29) is 25.0 Å². The number of nitrogens with zero attached hydrogens (tertiary/aromatic N) is 1. The monoisotopic (exact) mass is 256 g/mol. The first-order valence-electron chi connectivity index (χ1n) is 6.18. The first-order chi connectivity index (χ1) is 8.63. The number of esters is 1. The van der Waals surface area contributed by atoms with Crippen molar-refractivity contribution in [1.29, 1.82) is 0 Å². The van der Waals surface area contributed by atoms with Gasteiger partial charge in [-0.3, -0.25) is 0 Å². The Morgan fingerprint density at radius 2 is 1.89 bits per heavy atom. The second kappa shape index (κ2) is 7.58. The van der Waals surface area contributed by atoms with Crippen LogP contribution in [0.1, 0.15) is 26.2 Å². The van der Waals surface area contributed by atoms with Gasteiger partial charge in [-0.1, -0.05) is 0 Å². The first-order valence-corrected chi connectivity index (χ1v) is 6.18. The zero-order valence-corrected chi connectivity index (χ0v) is 10.7. The van der Waals surface area contributed by atoms with Gasteiger partial charge < -0.3 is 20.1 Å². The standard InChI is InChI=1S/C12H20N2O4/c1-2-17-11(15)8-10(13)9-18-12(16)14-6-4-3-5-7-14/h8H,2-7,9,13H2,1H3. The molecule has 102 valence electrons. The lowest BCUT2D eigenvalue weighted by atomic mass is 10.1. The van der Waals surface area contributed by atoms with Gasteiger partial charge in [0, 0.05) is 19.2 Å². The summed E-state index contributed by atoms with van der Waals surface area (Å²) in [5, 5.41) is 0. The van der Waals surface area contributed by atoms with E-state index >= 15 is 0 Å². The molecule has 1 saturated heterocycles. The molecule has 0 aromatic carbocycles. The molecule has 0 aliphatic carbocycles. The maximum Gasteiger partial charge on any atom is 0.410 e. The van der Waals surface area contributed by atoms with E-state index in [0.717, 1.165) is 38.4 Å². The number of carbonyl (C=O) groups excluding carboxylic acids is 2. The summed E-state index contributed by atoms with van der Waals surface area (Å²) in [6, 6.07) is 0. The molecule has 2 N–H and O–H groups in total. The van der Waals surface area contributed by atoms with Crippen LogP contribution in [0, 0.1) is 0 Å². The van der Waals surface area contributed by atoms with Gasteiger partial charge in [-0.05, 0) is 26.2 Å². The third-order valence-electron chi connectivity index (χ3n) is 2.57. The van der Waals surface area contributed by atoms with Gasteiger partial charge in [-0.15, -0.1) is 0 Å². The third-order valence-corrected chi connectivity index (χ3v) is 2.57. The zero-order valence-electron chi connectivity index (χ0n) is 10.7. The van der Waals surface area contributed by atoms with E-state index in [2.05, 4.69) is 4.74 Å². The first kappa shape index (κ1) is 14.3. The Hall–Kier alpha value is -1.72.